The van der Waals surface area contributed by atoms with E-state index in [-0.39, 0.29) is 0 Å². The molecule has 1 N–H and O–H groups in total. The molecule has 0 aliphatic carbocycles. The molecule has 0 amide bonds. The Labute approximate surface area is 180 Å². The Morgan fingerprint density at radius 1 is 1.07 bits per heavy atom. The number of ether oxygens (including phenoxy) is 1. The SMILES string of the molecule is CN=C(NCc1cccnc1N1CCOCC1)N1CCC(Cc2ccccc2)CC1. The summed E-state index contributed by atoms with van der Waals surface area (Å²) in [6.07, 6.45) is 5.48. The lowest BCUT2D eigenvalue weighted by atomic mass is 9.90. The summed E-state index contributed by atoms with van der Waals surface area (Å²) in [5, 5.41) is 3.58. The van der Waals surface area contributed by atoms with Gasteiger partial charge in [-0.15, -0.1) is 0 Å². The van der Waals surface area contributed by atoms with Gasteiger partial charge in [-0.1, -0.05) is 36.4 Å². The van der Waals surface area contributed by atoms with Gasteiger partial charge in [0, 0.05) is 51.5 Å². The number of hydrogen-bond donors (Lipinski definition) is 1. The minimum atomic E-state index is 0.733. The van der Waals surface area contributed by atoms with Crippen LogP contribution in [0.3, 0.4) is 0 Å². The highest BCUT2D eigenvalue weighted by Gasteiger charge is 2.22. The van der Waals surface area contributed by atoms with Gasteiger partial charge < -0.3 is 19.9 Å². The van der Waals surface area contributed by atoms with E-state index >= 15 is 0 Å². The summed E-state index contributed by atoms with van der Waals surface area (Å²) < 4.78 is 5.49. The van der Waals surface area contributed by atoms with Crippen LogP contribution in [0.25, 0.3) is 0 Å². The normalized spacial score (nSPS) is 18.5. The summed E-state index contributed by atoms with van der Waals surface area (Å²) in [4.78, 5) is 13.9. The van der Waals surface area contributed by atoms with Crippen molar-refractivity contribution in [3.05, 3.63) is 59.8 Å². The number of rotatable bonds is 5. The number of aliphatic imine (C=N–C) groups is 1. The molecule has 1 aromatic carbocycles. The molecule has 0 unspecified atom stereocenters. The summed E-state index contributed by atoms with van der Waals surface area (Å²) in [5.41, 5.74) is 2.66. The Morgan fingerprint density at radius 3 is 2.57 bits per heavy atom. The molecule has 3 heterocycles. The molecular weight excluding hydrogens is 374 g/mol. The van der Waals surface area contributed by atoms with Crippen LogP contribution in [-0.4, -0.2) is 62.3 Å². The molecule has 1 aromatic heterocycles. The van der Waals surface area contributed by atoms with Crippen molar-refractivity contribution >= 4 is 11.8 Å². The van der Waals surface area contributed by atoms with Crippen LogP contribution >= 0.6 is 0 Å². The van der Waals surface area contributed by atoms with E-state index in [1.807, 2.05) is 19.3 Å². The van der Waals surface area contributed by atoms with Crippen molar-refractivity contribution in [1.29, 1.82) is 0 Å². The van der Waals surface area contributed by atoms with Crippen LogP contribution in [0.2, 0.25) is 0 Å². The third-order valence-electron chi connectivity index (χ3n) is 6.11. The van der Waals surface area contributed by atoms with Gasteiger partial charge in [0.15, 0.2) is 5.96 Å². The van der Waals surface area contributed by atoms with Gasteiger partial charge in [-0.05, 0) is 36.8 Å². The molecule has 2 aliphatic heterocycles. The summed E-state index contributed by atoms with van der Waals surface area (Å²) in [6, 6.07) is 15.0. The van der Waals surface area contributed by atoms with Crippen LogP contribution in [-0.2, 0) is 17.7 Å². The van der Waals surface area contributed by atoms with Gasteiger partial charge in [0.05, 0.1) is 13.2 Å². The number of guanidine groups is 1. The highest BCUT2D eigenvalue weighted by molar-refractivity contribution is 5.80. The maximum atomic E-state index is 5.49. The molecule has 2 saturated heterocycles. The van der Waals surface area contributed by atoms with E-state index < -0.39 is 0 Å². The first kappa shape index (κ1) is 20.7. The molecule has 2 aromatic rings. The molecule has 160 valence electrons. The van der Waals surface area contributed by atoms with Gasteiger partial charge in [0.1, 0.15) is 5.82 Å². The van der Waals surface area contributed by atoms with Gasteiger partial charge in [-0.2, -0.15) is 0 Å². The number of nitrogens with zero attached hydrogens (tertiary/aromatic N) is 4. The predicted molar refractivity (Wildman–Crippen MR) is 122 cm³/mol. The number of aromatic nitrogens is 1. The van der Waals surface area contributed by atoms with Crippen molar-refractivity contribution in [3.63, 3.8) is 0 Å². The standard InChI is InChI=1S/C24H33N5O/c1-25-24(29-12-9-21(10-13-29)18-20-6-3-2-4-7-20)27-19-22-8-5-11-26-23(22)28-14-16-30-17-15-28/h2-8,11,21H,9-10,12-19H2,1H3,(H,25,27). The lowest BCUT2D eigenvalue weighted by Crippen LogP contribution is -2.45. The Hall–Kier alpha value is -2.60. The minimum absolute atomic E-state index is 0.733. The van der Waals surface area contributed by atoms with Gasteiger partial charge in [-0.25, -0.2) is 4.98 Å². The highest BCUT2D eigenvalue weighted by atomic mass is 16.5. The minimum Gasteiger partial charge on any atom is -0.378 e. The van der Waals surface area contributed by atoms with E-state index in [1.54, 1.807) is 0 Å². The van der Waals surface area contributed by atoms with Crippen LogP contribution in [0.5, 0.6) is 0 Å². The van der Waals surface area contributed by atoms with Crippen molar-refractivity contribution in [3.8, 4) is 0 Å². The van der Waals surface area contributed by atoms with Crippen molar-refractivity contribution in [2.45, 2.75) is 25.8 Å². The predicted octanol–water partition coefficient (Wildman–Crippen LogP) is 2.95. The zero-order valence-electron chi connectivity index (χ0n) is 18.0. The maximum absolute atomic E-state index is 5.49. The average molecular weight is 408 g/mol. The zero-order valence-corrected chi connectivity index (χ0v) is 18.0. The zero-order chi connectivity index (χ0) is 20.6. The van der Waals surface area contributed by atoms with E-state index in [2.05, 4.69) is 61.5 Å². The van der Waals surface area contributed by atoms with Crippen LogP contribution in [0, 0.1) is 5.92 Å². The number of likely N-dealkylation sites (tertiary alicyclic amines) is 1. The summed E-state index contributed by atoms with van der Waals surface area (Å²) in [6.45, 7) is 6.17. The lowest BCUT2D eigenvalue weighted by molar-refractivity contribution is 0.122. The Bertz CT molecular complexity index is 811. The Kier molecular flexibility index (Phi) is 7.19. The van der Waals surface area contributed by atoms with E-state index in [1.165, 1.54) is 30.4 Å². The smallest absolute Gasteiger partial charge is 0.193 e. The molecular formula is C24H33N5O. The number of piperidine rings is 1. The molecule has 0 radical (unpaired) electrons. The Morgan fingerprint density at radius 2 is 1.83 bits per heavy atom. The van der Waals surface area contributed by atoms with E-state index in [4.69, 9.17) is 4.74 Å². The first-order chi connectivity index (χ1) is 14.8. The van der Waals surface area contributed by atoms with Crippen LogP contribution < -0.4 is 10.2 Å². The highest BCUT2D eigenvalue weighted by Crippen LogP contribution is 2.22. The van der Waals surface area contributed by atoms with Crippen LogP contribution in [0.1, 0.15) is 24.0 Å². The molecule has 0 saturated carbocycles. The second kappa shape index (κ2) is 10.4. The quantitative estimate of drug-likeness (QED) is 0.610. The molecule has 4 rings (SSSR count). The van der Waals surface area contributed by atoms with Crippen molar-refractivity contribution in [1.82, 2.24) is 15.2 Å². The van der Waals surface area contributed by atoms with E-state index in [0.717, 1.165) is 63.6 Å². The fraction of sp³-hybridized carbons (Fsp3) is 0.500. The lowest BCUT2D eigenvalue weighted by Gasteiger charge is -2.34. The number of nitrogens with one attached hydrogen (secondary N) is 1. The average Bonchev–Trinajstić information content (AvgIpc) is 2.82. The number of anilines is 1. The van der Waals surface area contributed by atoms with Crippen LogP contribution in [0.15, 0.2) is 53.7 Å². The summed E-state index contributed by atoms with van der Waals surface area (Å²) >= 11 is 0. The second-order valence-electron chi connectivity index (χ2n) is 8.11. The van der Waals surface area contributed by atoms with Gasteiger partial charge in [0.2, 0.25) is 0 Å². The summed E-state index contributed by atoms with van der Waals surface area (Å²) in [7, 11) is 1.88. The van der Waals surface area contributed by atoms with Crippen molar-refractivity contribution in [2.24, 2.45) is 10.9 Å². The second-order valence-corrected chi connectivity index (χ2v) is 8.11. The molecule has 6 nitrogen and oxygen atoms in total. The summed E-state index contributed by atoms with van der Waals surface area (Å²) in [5.74, 6) is 2.81. The fourth-order valence-electron chi connectivity index (χ4n) is 4.43. The molecule has 2 fully saturated rings. The molecule has 0 bridgehead atoms. The fourth-order valence-corrected chi connectivity index (χ4v) is 4.43. The topological polar surface area (TPSA) is 53.0 Å². The van der Waals surface area contributed by atoms with Gasteiger partial charge in [0.25, 0.3) is 0 Å². The number of benzene rings is 1. The maximum Gasteiger partial charge on any atom is 0.193 e. The van der Waals surface area contributed by atoms with Gasteiger partial charge in [-0.3, -0.25) is 4.99 Å². The first-order valence-electron chi connectivity index (χ1n) is 11.1. The molecule has 30 heavy (non-hydrogen) atoms. The number of morpholine rings is 1. The number of pyridine rings is 1. The number of hydrogen-bond acceptors (Lipinski definition) is 4. The van der Waals surface area contributed by atoms with E-state index in [9.17, 15) is 0 Å². The molecule has 6 heteroatoms. The molecule has 0 atom stereocenters. The van der Waals surface area contributed by atoms with Crippen molar-refractivity contribution in [2.75, 3.05) is 51.3 Å². The largest absolute Gasteiger partial charge is 0.378 e. The molecule has 0 spiro atoms. The van der Waals surface area contributed by atoms with E-state index in [0.29, 0.717) is 0 Å². The first-order valence-corrected chi connectivity index (χ1v) is 11.1. The van der Waals surface area contributed by atoms with Crippen molar-refractivity contribution < 1.29 is 4.74 Å². The Balaban J connectivity index is 1.31. The van der Waals surface area contributed by atoms with Crippen LogP contribution in [0.4, 0.5) is 5.82 Å². The van der Waals surface area contributed by atoms with Gasteiger partial charge >= 0.3 is 0 Å². The monoisotopic (exact) mass is 407 g/mol. The third-order valence-corrected chi connectivity index (χ3v) is 6.11. The third kappa shape index (κ3) is 5.30. The molecule has 2 aliphatic rings.